The standard InChI is InChI=1S/C11H22N4/c1-7(2)10-14-8(6-11(3,4)5)9(12)15(10)13/h7H,6,12-13H2,1-5H3. The quantitative estimate of drug-likeness (QED) is 0.732. The third kappa shape index (κ3) is 2.64. The Hall–Kier alpha value is -1.19. The van der Waals surface area contributed by atoms with Gasteiger partial charge in [-0.05, 0) is 11.8 Å². The fraction of sp³-hybridized carbons (Fsp3) is 0.727. The molecule has 0 atom stereocenters. The van der Waals surface area contributed by atoms with Crippen LogP contribution in [0.1, 0.15) is 52.1 Å². The highest BCUT2D eigenvalue weighted by atomic mass is 15.4. The molecular formula is C11H22N4. The van der Waals surface area contributed by atoms with Gasteiger partial charge in [-0.3, -0.25) is 0 Å². The fourth-order valence-corrected chi connectivity index (χ4v) is 1.55. The van der Waals surface area contributed by atoms with Crippen molar-refractivity contribution in [2.75, 3.05) is 11.6 Å². The normalized spacial score (nSPS) is 12.4. The molecule has 0 amide bonds. The Morgan fingerprint density at radius 1 is 1.33 bits per heavy atom. The lowest BCUT2D eigenvalue weighted by atomic mass is 9.90. The highest BCUT2D eigenvalue weighted by Crippen LogP contribution is 2.25. The van der Waals surface area contributed by atoms with E-state index in [1.165, 1.54) is 4.68 Å². The summed E-state index contributed by atoms with van der Waals surface area (Å²) in [5, 5.41) is 0. The molecule has 4 nitrogen and oxygen atoms in total. The number of hydrogen-bond donors (Lipinski definition) is 2. The third-order valence-corrected chi connectivity index (χ3v) is 2.27. The summed E-state index contributed by atoms with van der Waals surface area (Å²) in [6.07, 6.45) is 0.850. The number of nitrogen functional groups attached to an aromatic ring is 2. The predicted octanol–water partition coefficient (Wildman–Crippen LogP) is 1.89. The molecule has 0 fully saturated rings. The maximum Gasteiger partial charge on any atom is 0.146 e. The summed E-state index contributed by atoms with van der Waals surface area (Å²) in [7, 11) is 0. The first kappa shape index (κ1) is 11.9. The van der Waals surface area contributed by atoms with Crippen LogP contribution >= 0.6 is 0 Å². The van der Waals surface area contributed by atoms with Crippen molar-refractivity contribution in [1.82, 2.24) is 9.66 Å². The molecule has 4 heteroatoms. The molecule has 1 aromatic rings. The second kappa shape index (κ2) is 3.76. The summed E-state index contributed by atoms with van der Waals surface area (Å²) in [4.78, 5) is 4.51. The molecule has 4 N–H and O–H groups in total. The molecule has 0 aliphatic heterocycles. The van der Waals surface area contributed by atoms with Crippen molar-refractivity contribution in [1.29, 1.82) is 0 Å². The molecule has 0 bridgehead atoms. The number of rotatable bonds is 2. The molecule has 0 aromatic carbocycles. The van der Waals surface area contributed by atoms with Gasteiger partial charge in [-0.1, -0.05) is 34.6 Å². The van der Waals surface area contributed by atoms with Crippen LogP contribution in [0.15, 0.2) is 0 Å². The fourth-order valence-electron chi connectivity index (χ4n) is 1.55. The Labute approximate surface area is 91.6 Å². The van der Waals surface area contributed by atoms with E-state index in [0.717, 1.165) is 17.9 Å². The molecule has 0 saturated carbocycles. The van der Waals surface area contributed by atoms with Crippen molar-refractivity contribution >= 4 is 5.82 Å². The van der Waals surface area contributed by atoms with Crippen molar-refractivity contribution in [3.8, 4) is 0 Å². The predicted molar refractivity (Wildman–Crippen MR) is 64.0 cm³/mol. The van der Waals surface area contributed by atoms with E-state index in [-0.39, 0.29) is 5.41 Å². The second-order valence-electron chi connectivity index (χ2n) is 5.56. The number of nitrogens with zero attached hydrogens (tertiary/aromatic N) is 2. The summed E-state index contributed by atoms with van der Waals surface area (Å²) < 4.78 is 1.51. The van der Waals surface area contributed by atoms with Crippen LogP contribution in [0.4, 0.5) is 5.82 Å². The lowest BCUT2D eigenvalue weighted by Crippen LogP contribution is -2.17. The molecule has 1 heterocycles. The van der Waals surface area contributed by atoms with Crippen molar-refractivity contribution < 1.29 is 0 Å². The van der Waals surface area contributed by atoms with Gasteiger partial charge in [0.05, 0.1) is 5.69 Å². The van der Waals surface area contributed by atoms with E-state index in [1.54, 1.807) is 0 Å². The first-order valence-corrected chi connectivity index (χ1v) is 5.34. The average Bonchev–Trinajstić information content (AvgIpc) is 2.30. The number of hydrogen-bond acceptors (Lipinski definition) is 3. The van der Waals surface area contributed by atoms with Crippen LogP contribution < -0.4 is 11.6 Å². The van der Waals surface area contributed by atoms with Gasteiger partial charge in [0.25, 0.3) is 0 Å². The zero-order valence-electron chi connectivity index (χ0n) is 10.3. The van der Waals surface area contributed by atoms with Gasteiger partial charge in [-0.2, -0.15) is 0 Å². The van der Waals surface area contributed by atoms with Crippen LogP contribution in [0, 0.1) is 5.41 Å². The number of imidazole rings is 1. The van der Waals surface area contributed by atoms with Gasteiger partial charge < -0.3 is 11.6 Å². The Bertz CT molecular complexity index is 344. The maximum atomic E-state index is 5.92. The summed E-state index contributed by atoms with van der Waals surface area (Å²) in [6.45, 7) is 10.6. The summed E-state index contributed by atoms with van der Waals surface area (Å²) in [5.41, 5.74) is 7.01. The molecular weight excluding hydrogens is 188 g/mol. The van der Waals surface area contributed by atoms with E-state index in [4.69, 9.17) is 11.6 Å². The SMILES string of the molecule is CC(C)c1nc(CC(C)(C)C)c(N)n1N. The molecule has 86 valence electrons. The van der Waals surface area contributed by atoms with Gasteiger partial charge in [0.1, 0.15) is 11.6 Å². The highest BCUT2D eigenvalue weighted by Gasteiger charge is 2.20. The summed E-state index contributed by atoms with van der Waals surface area (Å²) in [6, 6.07) is 0. The van der Waals surface area contributed by atoms with Gasteiger partial charge in [-0.25, -0.2) is 9.66 Å². The van der Waals surface area contributed by atoms with Crippen molar-refractivity contribution in [2.24, 2.45) is 5.41 Å². The van der Waals surface area contributed by atoms with Crippen molar-refractivity contribution in [2.45, 2.75) is 47.0 Å². The zero-order valence-corrected chi connectivity index (χ0v) is 10.3. The van der Waals surface area contributed by atoms with Crippen molar-refractivity contribution in [3.05, 3.63) is 11.5 Å². The van der Waals surface area contributed by atoms with E-state index in [2.05, 4.69) is 39.6 Å². The van der Waals surface area contributed by atoms with E-state index in [0.29, 0.717) is 11.7 Å². The smallest absolute Gasteiger partial charge is 0.146 e. The Morgan fingerprint density at radius 2 is 1.87 bits per heavy atom. The topological polar surface area (TPSA) is 69.9 Å². The van der Waals surface area contributed by atoms with Gasteiger partial charge >= 0.3 is 0 Å². The molecule has 1 aromatic heterocycles. The van der Waals surface area contributed by atoms with E-state index in [1.807, 2.05) is 0 Å². The molecule has 0 unspecified atom stereocenters. The molecule has 1 rings (SSSR count). The van der Waals surface area contributed by atoms with Crippen LogP contribution in [-0.2, 0) is 6.42 Å². The monoisotopic (exact) mass is 210 g/mol. The third-order valence-electron chi connectivity index (χ3n) is 2.27. The largest absolute Gasteiger partial charge is 0.382 e. The van der Waals surface area contributed by atoms with Crippen molar-refractivity contribution in [3.63, 3.8) is 0 Å². The number of aromatic nitrogens is 2. The van der Waals surface area contributed by atoms with Crippen LogP contribution in [0.5, 0.6) is 0 Å². The Morgan fingerprint density at radius 3 is 2.20 bits per heavy atom. The second-order valence-corrected chi connectivity index (χ2v) is 5.56. The van der Waals surface area contributed by atoms with Crippen LogP contribution in [0.25, 0.3) is 0 Å². The van der Waals surface area contributed by atoms with Crippen LogP contribution in [-0.4, -0.2) is 9.66 Å². The summed E-state index contributed by atoms with van der Waals surface area (Å²) >= 11 is 0. The van der Waals surface area contributed by atoms with Gasteiger partial charge in [0, 0.05) is 5.92 Å². The molecule has 0 saturated heterocycles. The van der Waals surface area contributed by atoms with Gasteiger partial charge in [-0.15, -0.1) is 0 Å². The molecule has 0 aliphatic rings. The first-order valence-electron chi connectivity index (χ1n) is 5.34. The van der Waals surface area contributed by atoms with E-state index >= 15 is 0 Å². The molecule has 0 spiro atoms. The minimum absolute atomic E-state index is 0.177. The molecule has 0 radical (unpaired) electrons. The molecule has 0 aliphatic carbocycles. The van der Waals surface area contributed by atoms with Crippen LogP contribution in [0.2, 0.25) is 0 Å². The van der Waals surface area contributed by atoms with Gasteiger partial charge in [0.2, 0.25) is 0 Å². The minimum atomic E-state index is 0.177. The summed E-state index contributed by atoms with van der Waals surface area (Å²) in [5.74, 6) is 7.59. The van der Waals surface area contributed by atoms with E-state index < -0.39 is 0 Å². The first-order chi connectivity index (χ1) is 6.72. The number of nitrogens with two attached hydrogens (primary N) is 2. The van der Waals surface area contributed by atoms with E-state index in [9.17, 15) is 0 Å². The molecule has 15 heavy (non-hydrogen) atoms. The highest BCUT2D eigenvalue weighted by molar-refractivity contribution is 5.39. The average molecular weight is 210 g/mol. The lowest BCUT2D eigenvalue weighted by Gasteiger charge is -2.16. The zero-order chi connectivity index (χ0) is 11.8. The Balaban J connectivity index is 3.06. The number of anilines is 1. The Kier molecular flexibility index (Phi) is 2.98. The van der Waals surface area contributed by atoms with Gasteiger partial charge in [0.15, 0.2) is 0 Å². The maximum absolute atomic E-state index is 5.92. The lowest BCUT2D eigenvalue weighted by molar-refractivity contribution is 0.407. The van der Waals surface area contributed by atoms with Crippen LogP contribution in [0.3, 0.4) is 0 Å². The minimum Gasteiger partial charge on any atom is -0.382 e.